The molecule has 0 amide bonds. The maximum atomic E-state index is 10.9. The van der Waals surface area contributed by atoms with Crippen molar-refractivity contribution < 1.29 is 19.6 Å². The van der Waals surface area contributed by atoms with Gasteiger partial charge in [-0.3, -0.25) is 14.9 Å². The summed E-state index contributed by atoms with van der Waals surface area (Å²) in [6, 6.07) is 4.37. The Morgan fingerprint density at radius 2 is 2.10 bits per heavy atom. The van der Waals surface area contributed by atoms with Gasteiger partial charge in [0.05, 0.1) is 16.9 Å². The molecular weight excluding hydrogens is 264 g/mol. The zero-order valence-electron chi connectivity index (χ0n) is 11.6. The molecule has 0 saturated heterocycles. The maximum absolute atomic E-state index is 10.9. The van der Waals surface area contributed by atoms with Crippen LogP contribution >= 0.6 is 0 Å². The van der Waals surface area contributed by atoms with Crippen LogP contribution in [0.4, 0.5) is 11.4 Å². The number of nitro groups is 1. The van der Waals surface area contributed by atoms with Crippen molar-refractivity contribution in [3.05, 3.63) is 28.3 Å². The number of carbonyl (C=O) groups is 1. The van der Waals surface area contributed by atoms with Gasteiger partial charge in [-0.05, 0) is 19.9 Å². The maximum Gasteiger partial charge on any atom is 0.311 e. The molecule has 0 bridgehead atoms. The Kier molecular flexibility index (Phi) is 5.31. The van der Waals surface area contributed by atoms with E-state index < -0.39 is 16.8 Å². The smallest absolute Gasteiger partial charge is 0.311 e. The van der Waals surface area contributed by atoms with Gasteiger partial charge in [-0.2, -0.15) is 0 Å². The van der Waals surface area contributed by atoms with E-state index >= 15 is 0 Å². The normalized spacial score (nSPS) is 12.0. The van der Waals surface area contributed by atoms with Gasteiger partial charge >= 0.3 is 11.7 Å². The van der Waals surface area contributed by atoms with Crippen molar-refractivity contribution in [2.75, 3.05) is 11.9 Å². The number of nitro benzene ring substituents is 1. The highest BCUT2D eigenvalue weighted by atomic mass is 16.6. The van der Waals surface area contributed by atoms with Crippen molar-refractivity contribution >= 4 is 17.3 Å². The summed E-state index contributed by atoms with van der Waals surface area (Å²) < 4.78 is 5.40. The highest BCUT2D eigenvalue weighted by Gasteiger charge is 2.17. The van der Waals surface area contributed by atoms with E-state index in [4.69, 9.17) is 9.84 Å². The van der Waals surface area contributed by atoms with Crippen LogP contribution in [-0.4, -0.2) is 28.6 Å². The Hall–Kier alpha value is -2.31. The molecule has 1 aromatic rings. The highest BCUT2D eigenvalue weighted by Crippen LogP contribution is 2.30. The molecule has 0 fully saturated rings. The lowest BCUT2D eigenvalue weighted by atomic mass is 10.2. The van der Waals surface area contributed by atoms with E-state index in [-0.39, 0.29) is 24.1 Å². The van der Waals surface area contributed by atoms with E-state index in [9.17, 15) is 14.9 Å². The Bertz CT molecular complexity index is 502. The van der Waals surface area contributed by atoms with E-state index in [0.717, 1.165) is 0 Å². The Balaban J connectivity index is 2.89. The lowest BCUT2D eigenvalue weighted by Crippen LogP contribution is -2.19. The monoisotopic (exact) mass is 282 g/mol. The Morgan fingerprint density at radius 3 is 2.60 bits per heavy atom. The third-order valence-electron chi connectivity index (χ3n) is 2.55. The molecular formula is C13H18N2O5. The number of carboxylic acid groups (broad SMARTS) is 1. The van der Waals surface area contributed by atoms with E-state index in [2.05, 4.69) is 5.32 Å². The first kappa shape index (κ1) is 15.7. The summed E-state index contributed by atoms with van der Waals surface area (Å²) >= 11 is 0. The molecule has 1 unspecified atom stereocenters. The fraction of sp³-hybridized carbons (Fsp3) is 0.462. The van der Waals surface area contributed by atoms with Crippen molar-refractivity contribution in [3.8, 4) is 5.75 Å². The van der Waals surface area contributed by atoms with Crippen LogP contribution in [0.15, 0.2) is 18.2 Å². The molecule has 0 heterocycles. The Morgan fingerprint density at radius 1 is 1.45 bits per heavy atom. The SMILES string of the molecule is CC(C)Oc1cc(NCC(C)C(=O)O)ccc1[N+](=O)[O-]. The summed E-state index contributed by atoms with van der Waals surface area (Å²) in [6.45, 7) is 5.35. The van der Waals surface area contributed by atoms with Gasteiger partial charge in [0, 0.05) is 24.4 Å². The lowest BCUT2D eigenvalue weighted by molar-refractivity contribution is -0.386. The minimum absolute atomic E-state index is 0.115. The molecule has 1 atom stereocenters. The second-order valence-electron chi connectivity index (χ2n) is 4.73. The average Bonchev–Trinajstić information content (AvgIpc) is 2.34. The minimum Gasteiger partial charge on any atom is -0.484 e. The zero-order valence-corrected chi connectivity index (χ0v) is 11.6. The predicted octanol–water partition coefficient (Wildman–Crippen LogP) is 2.51. The van der Waals surface area contributed by atoms with E-state index in [0.29, 0.717) is 5.69 Å². The van der Waals surface area contributed by atoms with Crippen LogP contribution in [0, 0.1) is 16.0 Å². The van der Waals surface area contributed by atoms with Gasteiger partial charge < -0.3 is 15.2 Å². The van der Waals surface area contributed by atoms with Gasteiger partial charge in [-0.1, -0.05) is 6.92 Å². The molecule has 0 saturated carbocycles. The second kappa shape index (κ2) is 6.74. The van der Waals surface area contributed by atoms with Gasteiger partial charge in [0.15, 0.2) is 5.75 Å². The summed E-state index contributed by atoms with van der Waals surface area (Å²) in [5.74, 6) is -1.30. The first-order valence-electron chi connectivity index (χ1n) is 6.23. The summed E-state index contributed by atoms with van der Waals surface area (Å²) in [7, 11) is 0. The number of benzene rings is 1. The van der Waals surface area contributed by atoms with Gasteiger partial charge in [0.25, 0.3) is 0 Å². The molecule has 0 aliphatic carbocycles. The van der Waals surface area contributed by atoms with Crippen molar-refractivity contribution in [1.29, 1.82) is 0 Å². The number of anilines is 1. The molecule has 0 aliphatic heterocycles. The number of nitrogens with zero attached hydrogens (tertiary/aromatic N) is 1. The molecule has 0 aromatic heterocycles. The van der Waals surface area contributed by atoms with E-state index in [1.165, 1.54) is 18.2 Å². The number of carboxylic acids is 1. The molecule has 7 nitrogen and oxygen atoms in total. The fourth-order valence-corrected chi connectivity index (χ4v) is 1.48. The van der Waals surface area contributed by atoms with Crippen molar-refractivity contribution in [2.24, 2.45) is 5.92 Å². The first-order chi connectivity index (χ1) is 9.31. The van der Waals surface area contributed by atoms with E-state index in [1.54, 1.807) is 20.8 Å². The number of hydrogen-bond acceptors (Lipinski definition) is 5. The summed E-state index contributed by atoms with van der Waals surface area (Å²) in [5.41, 5.74) is 0.467. The molecule has 0 aliphatic rings. The largest absolute Gasteiger partial charge is 0.484 e. The van der Waals surface area contributed by atoms with Crippen LogP contribution in [0.2, 0.25) is 0 Å². The number of rotatable bonds is 7. The average molecular weight is 282 g/mol. The van der Waals surface area contributed by atoms with Gasteiger partial charge in [0.2, 0.25) is 0 Å². The quantitative estimate of drug-likeness (QED) is 0.588. The standard InChI is InChI=1S/C13H18N2O5/c1-8(2)20-12-6-10(4-5-11(12)15(18)19)14-7-9(3)13(16)17/h4-6,8-9,14H,7H2,1-3H3,(H,16,17). The van der Waals surface area contributed by atoms with Crippen LogP contribution in [0.3, 0.4) is 0 Å². The molecule has 110 valence electrons. The number of ether oxygens (including phenoxy) is 1. The zero-order chi connectivity index (χ0) is 15.3. The Labute approximate surface area is 116 Å². The molecule has 0 spiro atoms. The summed E-state index contributed by atoms with van der Waals surface area (Å²) in [6.07, 6.45) is -0.193. The van der Waals surface area contributed by atoms with Crippen molar-refractivity contribution in [2.45, 2.75) is 26.9 Å². The van der Waals surface area contributed by atoms with Crippen LogP contribution in [0.25, 0.3) is 0 Å². The number of nitrogens with one attached hydrogen (secondary N) is 1. The van der Waals surface area contributed by atoms with Crippen molar-refractivity contribution in [3.63, 3.8) is 0 Å². The van der Waals surface area contributed by atoms with Gasteiger partial charge in [-0.15, -0.1) is 0 Å². The second-order valence-corrected chi connectivity index (χ2v) is 4.73. The van der Waals surface area contributed by atoms with Gasteiger partial charge in [0.1, 0.15) is 0 Å². The van der Waals surface area contributed by atoms with Crippen LogP contribution < -0.4 is 10.1 Å². The van der Waals surface area contributed by atoms with Crippen LogP contribution in [0.5, 0.6) is 5.75 Å². The van der Waals surface area contributed by atoms with Crippen LogP contribution in [-0.2, 0) is 4.79 Å². The van der Waals surface area contributed by atoms with Crippen molar-refractivity contribution in [1.82, 2.24) is 0 Å². The third kappa shape index (κ3) is 4.42. The summed E-state index contributed by atoms with van der Waals surface area (Å²) in [5, 5.41) is 22.6. The topological polar surface area (TPSA) is 102 Å². The minimum atomic E-state index is -0.905. The number of hydrogen-bond donors (Lipinski definition) is 2. The van der Waals surface area contributed by atoms with E-state index in [1.807, 2.05) is 0 Å². The third-order valence-corrected chi connectivity index (χ3v) is 2.55. The molecule has 0 radical (unpaired) electrons. The predicted molar refractivity (Wildman–Crippen MR) is 74.1 cm³/mol. The number of aliphatic carboxylic acids is 1. The lowest BCUT2D eigenvalue weighted by Gasteiger charge is -2.13. The summed E-state index contributed by atoms with van der Waals surface area (Å²) in [4.78, 5) is 21.1. The molecule has 20 heavy (non-hydrogen) atoms. The first-order valence-corrected chi connectivity index (χ1v) is 6.23. The molecule has 1 aromatic carbocycles. The molecule has 1 rings (SSSR count). The van der Waals surface area contributed by atoms with Crippen LogP contribution in [0.1, 0.15) is 20.8 Å². The fourth-order valence-electron chi connectivity index (χ4n) is 1.48. The molecule has 2 N–H and O–H groups in total. The van der Waals surface area contributed by atoms with Gasteiger partial charge in [-0.25, -0.2) is 0 Å². The highest BCUT2D eigenvalue weighted by molar-refractivity contribution is 5.70. The molecule has 7 heteroatoms.